The number of H-pyrrole nitrogens is 1. The zero-order valence-electron chi connectivity index (χ0n) is 17.9. The topological polar surface area (TPSA) is 107 Å². The van der Waals surface area contributed by atoms with E-state index in [0.29, 0.717) is 5.56 Å². The normalized spacial score (nSPS) is 14.5. The number of nitrogens with one attached hydrogen (secondary N) is 2. The second-order valence-electron chi connectivity index (χ2n) is 8.23. The predicted molar refractivity (Wildman–Crippen MR) is 125 cm³/mol. The number of benzene rings is 2. The second kappa shape index (κ2) is 9.05. The fraction of sp³-hybridized carbons (Fsp3) is 0.231. The lowest BCUT2D eigenvalue weighted by Crippen LogP contribution is -2.30. The summed E-state index contributed by atoms with van der Waals surface area (Å²) in [6.45, 7) is 0.403. The van der Waals surface area contributed by atoms with Crippen LogP contribution in [0.25, 0.3) is 22.2 Å². The summed E-state index contributed by atoms with van der Waals surface area (Å²) in [5.41, 5.74) is 6.74. The Morgan fingerprint density at radius 2 is 1.76 bits per heavy atom. The monoisotopic (exact) mass is 443 g/mol. The SMILES string of the molecule is O=C(NCCC(O)C(O)c1cnc2cc[nH]c2c1)OCC1c2ccccc2-c2ccccc21. The molecule has 0 saturated carbocycles. The van der Waals surface area contributed by atoms with Crippen molar-refractivity contribution in [3.05, 3.63) is 89.7 Å². The van der Waals surface area contributed by atoms with Crippen LogP contribution in [-0.4, -0.2) is 45.5 Å². The van der Waals surface area contributed by atoms with E-state index in [4.69, 9.17) is 4.74 Å². The quantitative estimate of drug-likeness (QED) is 0.347. The summed E-state index contributed by atoms with van der Waals surface area (Å²) >= 11 is 0. The van der Waals surface area contributed by atoms with E-state index in [1.165, 1.54) is 11.1 Å². The Hall–Kier alpha value is -3.68. The van der Waals surface area contributed by atoms with Gasteiger partial charge in [-0.25, -0.2) is 4.79 Å². The number of nitrogens with zero attached hydrogens (tertiary/aromatic N) is 1. The van der Waals surface area contributed by atoms with Gasteiger partial charge in [-0.15, -0.1) is 0 Å². The average molecular weight is 444 g/mol. The highest BCUT2D eigenvalue weighted by Gasteiger charge is 2.29. The molecule has 0 saturated heterocycles. The Kier molecular flexibility index (Phi) is 5.81. The van der Waals surface area contributed by atoms with Gasteiger partial charge in [-0.1, -0.05) is 48.5 Å². The molecule has 1 amide bonds. The first-order chi connectivity index (χ1) is 16.1. The number of aliphatic hydroxyl groups is 2. The first kappa shape index (κ1) is 21.2. The van der Waals surface area contributed by atoms with E-state index in [9.17, 15) is 15.0 Å². The molecule has 7 nitrogen and oxygen atoms in total. The fourth-order valence-electron chi connectivity index (χ4n) is 4.46. The van der Waals surface area contributed by atoms with Crippen LogP contribution in [0, 0.1) is 0 Å². The minimum absolute atomic E-state index is 0.00836. The maximum absolute atomic E-state index is 12.3. The molecular weight excluding hydrogens is 418 g/mol. The zero-order valence-corrected chi connectivity index (χ0v) is 17.9. The third-order valence-corrected chi connectivity index (χ3v) is 6.18. The largest absolute Gasteiger partial charge is 0.449 e. The van der Waals surface area contributed by atoms with Gasteiger partial charge in [0.25, 0.3) is 0 Å². The minimum Gasteiger partial charge on any atom is -0.449 e. The Labute approximate surface area is 191 Å². The molecule has 4 N–H and O–H groups in total. The molecule has 2 heterocycles. The van der Waals surface area contributed by atoms with Crippen molar-refractivity contribution in [2.75, 3.05) is 13.2 Å². The summed E-state index contributed by atoms with van der Waals surface area (Å²) in [7, 11) is 0. The van der Waals surface area contributed by atoms with Gasteiger partial charge in [0.2, 0.25) is 0 Å². The van der Waals surface area contributed by atoms with E-state index >= 15 is 0 Å². The van der Waals surface area contributed by atoms with Gasteiger partial charge < -0.3 is 25.3 Å². The van der Waals surface area contributed by atoms with Crippen molar-refractivity contribution in [1.29, 1.82) is 0 Å². The number of ether oxygens (including phenoxy) is 1. The average Bonchev–Trinajstić information content (AvgIpc) is 3.44. The van der Waals surface area contributed by atoms with Crippen LogP contribution in [0.1, 0.15) is 35.1 Å². The van der Waals surface area contributed by atoms with Crippen molar-refractivity contribution < 1.29 is 19.7 Å². The van der Waals surface area contributed by atoms with E-state index in [-0.39, 0.29) is 25.5 Å². The molecule has 0 radical (unpaired) electrons. The molecule has 2 aromatic carbocycles. The Bertz CT molecular complexity index is 1240. The molecule has 0 fully saturated rings. The summed E-state index contributed by atoms with van der Waals surface area (Å²) in [5.74, 6) is -0.00836. The molecule has 5 rings (SSSR count). The molecule has 1 aliphatic carbocycles. The highest BCUT2D eigenvalue weighted by molar-refractivity contribution is 5.79. The molecule has 0 bridgehead atoms. The molecule has 33 heavy (non-hydrogen) atoms. The van der Waals surface area contributed by atoms with Gasteiger partial charge >= 0.3 is 6.09 Å². The second-order valence-corrected chi connectivity index (χ2v) is 8.23. The van der Waals surface area contributed by atoms with Gasteiger partial charge in [-0.3, -0.25) is 4.98 Å². The number of pyridine rings is 1. The van der Waals surface area contributed by atoms with E-state index in [2.05, 4.69) is 39.6 Å². The lowest BCUT2D eigenvalue weighted by Gasteiger charge is -2.18. The van der Waals surface area contributed by atoms with Crippen LogP contribution in [0.3, 0.4) is 0 Å². The molecule has 7 heteroatoms. The van der Waals surface area contributed by atoms with Gasteiger partial charge in [0.05, 0.1) is 17.1 Å². The number of hydrogen-bond acceptors (Lipinski definition) is 5. The standard InChI is InChI=1S/C26H25N3O4/c30-24(25(31)16-13-23-22(29-14-16)9-11-27-23)10-12-28-26(32)33-15-21-19-7-3-1-5-17(19)18-6-2-4-8-20(18)21/h1-9,11,13-14,21,24-25,27,30-31H,10,12,15H2,(H,28,32). The predicted octanol–water partition coefficient (Wildman–Crippen LogP) is 3.89. The van der Waals surface area contributed by atoms with Gasteiger partial charge in [-0.2, -0.15) is 0 Å². The smallest absolute Gasteiger partial charge is 0.407 e. The van der Waals surface area contributed by atoms with E-state index < -0.39 is 18.3 Å². The molecule has 168 valence electrons. The van der Waals surface area contributed by atoms with Crippen LogP contribution >= 0.6 is 0 Å². The van der Waals surface area contributed by atoms with Gasteiger partial charge in [0.15, 0.2) is 0 Å². The summed E-state index contributed by atoms with van der Waals surface area (Å²) in [5, 5.41) is 23.4. The zero-order chi connectivity index (χ0) is 22.8. The third-order valence-electron chi connectivity index (χ3n) is 6.18. The molecule has 1 aliphatic rings. The third kappa shape index (κ3) is 4.20. The number of carbonyl (C=O) groups excluding carboxylic acids is 1. The van der Waals surface area contributed by atoms with Crippen LogP contribution in [0.4, 0.5) is 4.79 Å². The summed E-state index contributed by atoms with van der Waals surface area (Å²) in [6, 6.07) is 19.9. The van der Waals surface area contributed by atoms with Gasteiger partial charge in [-0.05, 0) is 40.8 Å². The molecule has 0 spiro atoms. The van der Waals surface area contributed by atoms with Crippen molar-refractivity contribution >= 4 is 17.1 Å². The lowest BCUT2D eigenvalue weighted by molar-refractivity contribution is 0.0135. The van der Waals surface area contributed by atoms with Crippen LogP contribution in [0.2, 0.25) is 0 Å². The number of aromatic amines is 1. The van der Waals surface area contributed by atoms with Crippen LogP contribution in [0.5, 0.6) is 0 Å². The molecule has 4 aromatic rings. The first-order valence-corrected chi connectivity index (χ1v) is 11.0. The number of carbonyl (C=O) groups is 1. The summed E-state index contributed by atoms with van der Waals surface area (Å²) in [4.78, 5) is 19.6. The van der Waals surface area contributed by atoms with Gasteiger partial charge in [0, 0.05) is 30.4 Å². The molecule has 0 aliphatic heterocycles. The molecular formula is C26H25N3O4. The van der Waals surface area contributed by atoms with Gasteiger partial charge in [0.1, 0.15) is 12.7 Å². The van der Waals surface area contributed by atoms with Crippen molar-refractivity contribution in [2.45, 2.75) is 24.5 Å². The number of rotatable bonds is 7. The van der Waals surface area contributed by atoms with E-state index in [1.54, 1.807) is 18.5 Å². The summed E-state index contributed by atoms with van der Waals surface area (Å²) in [6.07, 6.45) is 0.787. The lowest BCUT2D eigenvalue weighted by atomic mass is 9.98. The Morgan fingerprint density at radius 3 is 2.48 bits per heavy atom. The number of alkyl carbamates (subject to hydrolysis) is 1. The minimum atomic E-state index is -1.10. The summed E-state index contributed by atoms with van der Waals surface area (Å²) < 4.78 is 5.50. The molecule has 2 unspecified atom stereocenters. The number of aromatic nitrogens is 2. The highest BCUT2D eigenvalue weighted by atomic mass is 16.5. The highest BCUT2D eigenvalue weighted by Crippen LogP contribution is 2.44. The maximum Gasteiger partial charge on any atom is 0.407 e. The number of aliphatic hydroxyl groups excluding tert-OH is 2. The van der Waals surface area contributed by atoms with Crippen molar-refractivity contribution in [2.24, 2.45) is 0 Å². The number of fused-ring (bicyclic) bond motifs is 4. The molecule has 2 atom stereocenters. The van der Waals surface area contributed by atoms with Crippen LogP contribution < -0.4 is 5.32 Å². The van der Waals surface area contributed by atoms with Crippen LogP contribution in [0.15, 0.2) is 73.1 Å². The maximum atomic E-state index is 12.3. The Balaban J connectivity index is 1.13. The molecule has 2 aromatic heterocycles. The fourth-order valence-corrected chi connectivity index (χ4v) is 4.46. The first-order valence-electron chi connectivity index (χ1n) is 11.0. The van der Waals surface area contributed by atoms with Crippen molar-refractivity contribution in [1.82, 2.24) is 15.3 Å². The van der Waals surface area contributed by atoms with Crippen LogP contribution in [-0.2, 0) is 4.74 Å². The van der Waals surface area contributed by atoms with E-state index in [0.717, 1.165) is 22.2 Å². The number of amides is 1. The number of hydrogen-bond donors (Lipinski definition) is 4. The van der Waals surface area contributed by atoms with Crippen molar-refractivity contribution in [3.63, 3.8) is 0 Å². The Morgan fingerprint density at radius 1 is 1.06 bits per heavy atom. The van der Waals surface area contributed by atoms with E-state index in [1.807, 2.05) is 30.3 Å². The van der Waals surface area contributed by atoms with Crippen molar-refractivity contribution in [3.8, 4) is 11.1 Å².